The van der Waals surface area contributed by atoms with Gasteiger partial charge in [-0.05, 0) is 19.9 Å². The lowest BCUT2D eigenvalue weighted by atomic mass is 9.87. The van der Waals surface area contributed by atoms with Gasteiger partial charge in [0.05, 0.1) is 6.42 Å². The van der Waals surface area contributed by atoms with Crippen molar-refractivity contribution in [2.45, 2.75) is 25.9 Å². The number of nitrogens with one attached hydrogen (secondary N) is 1. The Kier molecular flexibility index (Phi) is 3.34. The van der Waals surface area contributed by atoms with Crippen molar-refractivity contribution >= 4 is 17.4 Å². The smallest absolute Gasteiger partial charge is 0.261 e. The molecule has 1 aliphatic rings. The van der Waals surface area contributed by atoms with E-state index in [9.17, 15) is 14.7 Å². The van der Waals surface area contributed by atoms with Gasteiger partial charge in [-0.25, -0.2) is 0 Å². The third-order valence-corrected chi connectivity index (χ3v) is 4.03. The Balaban J connectivity index is 1.94. The first-order chi connectivity index (χ1) is 10.4. The third-order valence-electron chi connectivity index (χ3n) is 4.03. The molecule has 0 bridgehead atoms. The molecule has 4 heteroatoms. The number of carbonyl (C=O) groups is 2. The van der Waals surface area contributed by atoms with Crippen molar-refractivity contribution in [3.05, 3.63) is 64.7 Å². The summed E-state index contributed by atoms with van der Waals surface area (Å²) in [4.78, 5) is 24.6. The quantitative estimate of drug-likeness (QED) is 0.856. The van der Waals surface area contributed by atoms with Gasteiger partial charge in [-0.2, -0.15) is 0 Å². The monoisotopic (exact) mass is 295 g/mol. The van der Waals surface area contributed by atoms with Crippen LogP contribution < -0.4 is 5.32 Å². The molecule has 0 aliphatic carbocycles. The highest BCUT2D eigenvalue weighted by Gasteiger charge is 2.46. The van der Waals surface area contributed by atoms with Gasteiger partial charge in [0.2, 0.25) is 0 Å². The van der Waals surface area contributed by atoms with E-state index in [2.05, 4.69) is 5.32 Å². The highest BCUT2D eigenvalue weighted by molar-refractivity contribution is 6.09. The molecule has 0 saturated heterocycles. The van der Waals surface area contributed by atoms with Gasteiger partial charge >= 0.3 is 0 Å². The van der Waals surface area contributed by atoms with Crippen LogP contribution in [0.2, 0.25) is 0 Å². The highest BCUT2D eigenvalue weighted by Crippen LogP contribution is 2.39. The fourth-order valence-electron chi connectivity index (χ4n) is 2.71. The van der Waals surface area contributed by atoms with Crippen molar-refractivity contribution < 1.29 is 14.7 Å². The predicted octanol–water partition coefficient (Wildman–Crippen LogP) is 2.72. The minimum Gasteiger partial charge on any atom is -0.375 e. The first kappa shape index (κ1) is 14.5. The lowest BCUT2D eigenvalue weighted by Gasteiger charge is -2.20. The van der Waals surface area contributed by atoms with Crippen LogP contribution in [0.1, 0.15) is 33.5 Å². The molecule has 0 fully saturated rings. The van der Waals surface area contributed by atoms with Crippen LogP contribution in [0.15, 0.2) is 42.5 Å². The molecule has 2 aromatic rings. The number of ketones is 1. The van der Waals surface area contributed by atoms with E-state index < -0.39 is 11.5 Å². The standard InChI is InChI=1S/C18H17NO3/c1-11-3-6-13(7-4-11)16(20)10-18(22)14-9-12(2)5-8-15(14)19-17(18)21/h3-9,22H,10H2,1-2H3,(H,19,21). The van der Waals surface area contributed by atoms with Gasteiger partial charge in [0, 0.05) is 16.8 Å². The van der Waals surface area contributed by atoms with Gasteiger partial charge in [0.1, 0.15) is 0 Å². The average Bonchev–Trinajstić information content (AvgIpc) is 2.71. The van der Waals surface area contributed by atoms with Crippen LogP contribution in [0.3, 0.4) is 0 Å². The predicted molar refractivity (Wildman–Crippen MR) is 83.8 cm³/mol. The minimum absolute atomic E-state index is 0.257. The van der Waals surface area contributed by atoms with E-state index in [-0.39, 0.29) is 12.2 Å². The van der Waals surface area contributed by atoms with Crippen LogP contribution in [-0.4, -0.2) is 16.8 Å². The summed E-state index contributed by atoms with van der Waals surface area (Å²) in [6.07, 6.45) is -0.266. The number of fused-ring (bicyclic) bond motifs is 1. The third kappa shape index (κ3) is 2.31. The van der Waals surface area contributed by atoms with Gasteiger partial charge in [-0.3, -0.25) is 9.59 Å². The van der Waals surface area contributed by atoms with Gasteiger partial charge in [0.25, 0.3) is 5.91 Å². The normalized spacial score (nSPS) is 19.7. The molecule has 0 spiro atoms. The second-order valence-electron chi connectivity index (χ2n) is 5.83. The molecule has 3 rings (SSSR count). The van der Waals surface area contributed by atoms with Crippen molar-refractivity contribution in [1.82, 2.24) is 0 Å². The first-order valence-corrected chi connectivity index (χ1v) is 7.15. The second kappa shape index (κ2) is 5.07. The maximum Gasteiger partial charge on any atom is 0.261 e. The molecule has 0 saturated carbocycles. The number of aliphatic hydroxyl groups is 1. The Morgan fingerprint density at radius 3 is 2.41 bits per heavy atom. The Morgan fingerprint density at radius 1 is 1.09 bits per heavy atom. The van der Waals surface area contributed by atoms with Crippen molar-refractivity contribution in [1.29, 1.82) is 0 Å². The topological polar surface area (TPSA) is 66.4 Å². The Morgan fingerprint density at radius 2 is 1.73 bits per heavy atom. The minimum atomic E-state index is -1.80. The van der Waals surface area contributed by atoms with E-state index in [0.29, 0.717) is 16.8 Å². The van der Waals surface area contributed by atoms with E-state index in [1.54, 1.807) is 24.3 Å². The number of aryl methyl sites for hydroxylation is 2. The van der Waals surface area contributed by atoms with Crippen LogP contribution in [-0.2, 0) is 10.4 Å². The Hall–Kier alpha value is -2.46. The number of rotatable bonds is 3. The number of anilines is 1. The number of hydrogen-bond acceptors (Lipinski definition) is 3. The molecule has 1 heterocycles. The molecule has 2 N–H and O–H groups in total. The summed E-state index contributed by atoms with van der Waals surface area (Å²) in [5.41, 5.74) is 1.70. The maximum atomic E-state index is 12.4. The number of amides is 1. The zero-order valence-electron chi connectivity index (χ0n) is 12.5. The van der Waals surface area contributed by atoms with E-state index >= 15 is 0 Å². The number of Topliss-reactive ketones (excluding diaryl/α,β-unsaturated/α-hetero) is 1. The van der Waals surface area contributed by atoms with Crippen molar-refractivity contribution in [2.24, 2.45) is 0 Å². The number of hydrogen-bond donors (Lipinski definition) is 2. The summed E-state index contributed by atoms with van der Waals surface area (Å²) in [5.74, 6) is -0.805. The first-order valence-electron chi connectivity index (χ1n) is 7.15. The van der Waals surface area contributed by atoms with E-state index in [0.717, 1.165) is 11.1 Å². The van der Waals surface area contributed by atoms with Crippen molar-refractivity contribution in [3.8, 4) is 0 Å². The lowest BCUT2D eigenvalue weighted by molar-refractivity contribution is -0.133. The fourth-order valence-corrected chi connectivity index (χ4v) is 2.71. The molecule has 1 unspecified atom stereocenters. The van der Waals surface area contributed by atoms with Gasteiger partial charge in [-0.15, -0.1) is 0 Å². The lowest BCUT2D eigenvalue weighted by Crippen LogP contribution is -2.36. The molecule has 0 radical (unpaired) electrons. The van der Waals surface area contributed by atoms with Gasteiger partial charge < -0.3 is 10.4 Å². The molecule has 4 nitrogen and oxygen atoms in total. The van der Waals surface area contributed by atoms with E-state index in [1.165, 1.54) is 0 Å². The number of benzene rings is 2. The summed E-state index contributed by atoms with van der Waals surface area (Å²) in [6, 6.07) is 12.4. The van der Waals surface area contributed by atoms with Gasteiger partial charge in [0.15, 0.2) is 11.4 Å². The van der Waals surface area contributed by atoms with Crippen molar-refractivity contribution in [3.63, 3.8) is 0 Å². The fraction of sp³-hybridized carbons (Fsp3) is 0.222. The molecule has 1 aliphatic heterocycles. The molecule has 112 valence electrons. The van der Waals surface area contributed by atoms with Crippen LogP contribution in [0.4, 0.5) is 5.69 Å². The Bertz CT molecular complexity index is 764. The van der Waals surface area contributed by atoms with Gasteiger partial charge in [-0.1, -0.05) is 47.5 Å². The van der Waals surface area contributed by atoms with E-state index in [4.69, 9.17) is 0 Å². The molecule has 0 aromatic heterocycles. The largest absolute Gasteiger partial charge is 0.375 e. The summed E-state index contributed by atoms with van der Waals surface area (Å²) >= 11 is 0. The van der Waals surface area contributed by atoms with Crippen LogP contribution in [0, 0.1) is 13.8 Å². The van der Waals surface area contributed by atoms with Crippen LogP contribution in [0.25, 0.3) is 0 Å². The Labute approximate surface area is 128 Å². The van der Waals surface area contributed by atoms with Crippen LogP contribution in [0.5, 0.6) is 0 Å². The highest BCUT2D eigenvalue weighted by atomic mass is 16.3. The summed E-state index contributed by atoms with van der Waals surface area (Å²) in [7, 11) is 0. The van der Waals surface area contributed by atoms with Crippen LogP contribution >= 0.6 is 0 Å². The number of carbonyl (C=O) groups excluding carboxylic acids is 2. The average molecular weight is 295 g/mol. The zero-order chi connectivity index (χ0) is 15.9. The SMILES string of the molecule is Cc1ccc(C(=O)CC2(O)C(=O)Nc3ccc(C)cc32)cc1. The zero-order valence-corrected chi connectivity index (χ0v) is 12.5. The second-order valence-corrected chi connectivity index (χ2v) is 5.83. The van der Waals surface area contributed by atoms with E-state index in [1.807, 2.05) is 32.0 Å². The summed E-state index contributed by atoms with van der Waals surface area (Å²) in [5, 5.41) is 13.4. The molecular formula is C18H17NO3. The molecular weight excluding hydrogens is 278 g/mol. The summed E-state index contributed by atoms with van der Waals surface area (Å²) in [6.45, 7) is 3.82. The molecule has 22 heavy (non-hydrogen) atoms. The summed E-state index contributed by atoms with van der Waals surface area (Å²) < 4.78 is 0. The molecule has 2 aromatic carbocycles. The van der Waals surface area contributed by atoms with Crippen molar-refractivity contribution in [2.75, 3.05) is 5.32 Å². The molecule has 1 atom stereocenters. The molecule has 1 amide bonds. The maximum absolute atomic E-state index is 12.4.